The molecule has 578 valence electrons. The number of hydrogen-bond donors (Lipinski definition) is 4. The van der Waals surface area contributed by atoms with Crippen LogP contribution in [0.4, 0.5) is 108 Å². The van der Waals surface area contributed by atoms with Gasteiger partial charge in [0.25, 0.3) is 17.1 Å². The maximum atomic E-state index is 11.2. The number of hydrogen-bond acceptors (Lipinski definition) is 14. The number of para-hydroxylation sites is 5. The Morgan fingerprint density at radius 1 is 0.256 bits per heavy atom. The molecule has 16 rings (SSSR count). The molecule has 0 spiro atoms. The first kappa shape index (κ1) is 81.7. The highest BCUT2D eigenvalue weighted by molar-refractivity contribution is 9.10. The Balaban J connectivity index is 0.000000156. The number of non-ortho nitro benzene ring substituents is 3. The molecular weight excluding hydrogens is 1590 g/mol. The van der Waals surface area contributed by atoms with Crippen molar-refractivity contribution in [1.82, 2.24) is 0 Å². The fraction of sp³-hybridized carbons (Fsp3) is 0.0204. The Labute approximate surface area is 696 Å². The molecule has 0 fully saturated rings. The fourth-order valence-electron chi connectivity index (χ4n) is 12.6. The fourth-order valence-corrected chi connectivity index (χ4v) is 13.2. The van der Waals surface area contributed by atoms with Crippen LogP contribution in [0.25, 0.3) is 33.4 Å². The Morgan fingerprint density at radius 2 is 0.419 bits per heavy atom. The van der Waals surface area contributed by atoms with Gasteiger partial charge < -0.3 is 41.5 Å². The first-order valence-electron chi connectivity index (χ1n) is 37.3. The van der Waals surface area contributed by atoms with E-state index in [0.29, 0.717) is 0 Å². The molecule has 0 radical (unpaired) electrons. The Kier molecular flexibility index (Phi) is 28.4. The van der Waals surface area contributed by atoms with Gasteiger partial charge in [-0.05, 0) is 259 Å². The number of rotatable bonds is 20. The molecule has 0 heterocycles. The van der Waals surface area contributed by atoms with E-state index >= 15 is 0 Å². The maximum Gasteiger partial charge on any atom is 0.269 e. The molecule has 0 aromatic heterocycles. The molecule has 16 aromatic rings. The quantitative estimate of drug-likeness (QED) is 0.0316. The second-order valence-corrected chi connectivity index (χ2v) is 28.1. The van der Waals surface area contributed by atoms with Crippen molar-refractivity contribution in [3.63, 3.8) is 0 Å². The molecule has 0 aliphatic carbocycles. The van der Waals surface area contributed by atoms with Crippen LogP contribution in [0.2, 0.25) is 0 Å². The van der Waals surface area contributed by atoms with Gasteiger partial charge in [0, 0.05) is 143 Å². The molecule has 0 unspecified atom stereocenters. The van der Waals surface area contributed by atoms with Crippen LogP contribution in [0.15, 0.2) is 428 Å². The Morgan fingerprint density at radius 3 is 0.632 bits per heavy atom. The van der Waals surface area contributed by atoms with Crippen LogP contribution in [0.1, 0.15) is 6.92 Å². The van der Waals surface area contributed by atoms with E-state index in [0.717, 1.165) is 122 Å². The zero-order valence-electron chi connectivity index (χ0n) is 63.5. The number of nitrogens with two attached hydrogens (primary N) is 2. The van der Waals surface area contributed by atoms with Gasteiger partial charge in [-0.15, -0.1) is 0 Å². The molecule has 0 aliphatic heterocycles. The molecular formula is C98H80Br2N10O7. The van der Waals surface area contributed by atoms with Gasteiger partial charge in [0.05, 0.1) is 14.8 Å². The third kappa shape index (κ3) is 22.3. The lowest BCUT2D eigenvalue weighted by Crippen LogP contribution is -2.10. The lowest BCUT2D eigenvalue weighted by molar-refractivity contribution is -0.385. The van der Waals surface area contributed by atoms with E-state index in [-0.39, 0.29) is 23.7 Å². The summed E-state index contributed by atoms with van der Waals surface area (Å²) < 4.78 is 2.22. The minimum atomic E-state index is -0.410. The van der Waals surface area contributed by atoms with E-state index in [4.69, 9.17) is 16.6 Å². The minimum Gasteiger partial charge on any atom is -0.399 e. The lowest BCUT2D eigenvalue weighted by atomic mass is 10.0. The standard InChI is InChI=1S/C36H26N4O4.C36H30N4.C12H8Br2.C12H10N2O2.C2H6O/c41-39(42)35-23-19-33(20-24-35)37(29-7-3-1-4-8-29)31-15-11-27(12-16-31)28-13-17-32(18-14-28)38(30-9-5-2-6-10-30)34-21-25-36(26-22-34)40(43)44;37-29-15-23-35(24-16-29)39(31-7-3-1-4-8-31)33-19-11-27(12-20-33)28-13-21-34(22-14-28)40(32-9-5-2-6-10-32)36-25-17-30(38)18-26-36;13-11-5-1-9(2-6-11)10-3-7-12(14)8-4-10;15-14(16)12-8-6-11(7-9-12)13-10-4-2-1-3-5-10;1-2-3/h1-26H;1-26H,37-38H2;1-8H;1-9,13H;3H,2H2,1H3. The third-order valence-corrected chi connectivity index (χ3v) is 19.4. The molecule has 19 heteroatoms. The largest absolute Gasteiger partial charge is 0.399 e. The number of nitrogen functional groups attached to an aromatic ring is 2. The summed E-state index contributed by atoms with van der Waals surface area (Å²) in [6.45, 7) is 1.93. The molecule has 0 amide bonds. The summed E-state index contributed by atoms with van der Waals surface area (Å²) in [5.41, 5.74) is 34.0. The molecule has 0 atom stereocenters. The van der Waals surface area contributed by atoms with Crippen LogP contribution >= 0.6 is 31.9 Å². The van der Waals surface area contributed by atoms with Crippen LogP contribution in [0.5, 0.6) is 0 Å². The van der Waals surface area contributed by atoms with Gasteiger partial charge in [-0.3, -0.25) is 30.3 Å². The van der Waals surface area contributed by atoms with Gasteiger partial charge in [-0.25, -0.2) is 0 Å². The normalized spacial score (nSPS) is 10.4. The summed E-state index contributed by atoms with van der Waals surface area (Å²) >= 11 is 6.84. The van der Waals surface area contributed by atoms with Crippen molar-refractivity contribution in [3.8, 4) is 33.4 Å². The van der Waals surface area contributed by atoms with E-state index in [1.807, 2.05) is 152 Å². The van der Waals surface area contributed by atoms with Crippen LogP contribution < -0.4 is 36.4 Å². The number of nitro benzene ring substituents is 3. The molecule has 0 saturated carbocycles. The SMILES string of the molecule is Brc1ccc(-c2ccc(Br)cc2)cc1.CCO.Nc1ccc(N(c2ccccc2)c2ccc(-c3ccc(N(c4ccccc4)c4ccc(N)cc4)cc3)cc2)cc1.O=[N+]([O-])c1ccc(N(c2ccccc2)c2ccc(-c3ccc(N(c4ccccc4)c4ccc([N+](=O)[O-])cc4)cc3)cc2)cc1.O=[N+]([O-])c1ccc(Nc2ccccc2)cc1. The van der Waals surface area contributed by atoms with Crippen molar-refractivity contribution >= 4 is 140 Å². The van der Waals surface area contributed by atoms with E-state index in [9.17, 15) is 30.3 Å². The predicted octanol–water partition coefficient (Wildman–Crippen LogP) is 27.8. The first-order valence-corrected chi connectivity index (χ1v) is 38.9. The Hall–Kier alpha value is -14.8. The van der Waals surface area contributed by atoms with Gasteiger partial charge >= 0.3 is 0 Å². The Bertz CT molecular complexity index is 5480. The molecule has 16 aromatic carbocycles. The van der Waals surface area contributed by atoms with Crippen LogP contribution in [0, 0.1) is 30.3 Å². The summed E-state index contributed by atoms with van der Waals surface area (Å²) in [5.74, 6) is 0. The molecule has 117 heavy (non-hydrogen) atoms. The third-order valence-electron chi connectivity index (χ3n) is 18.3. The van der Waals surface area contributed by atoms with Crippen molar-refractivity contribution in [3.05, 3.63) is 458 Å². The lowest BCUT2D eigenvalue weighted by Gasteiger charge is -2.26. The van der Waals surface area contributed by atoms with Crippen molar-refractivity contribution < 1.29 is 19.9 Å². The summed E-state index contributed by atoms with van der Waals surface area (Å²) in [4.78, 5) is 40.2. The number of aliphatic hydroxyl groups excluding tert-OH is 1. The molecule has 0 bridgehead atoms. The van der Waals surface area contributed by atoms with Crippen LogP contribution in [0.3, 0.4) is 0 Å². The van der Waals surface area contributed by atoms with Gasteiger partial charge in [0.1, 0.15) is 0 Å². The average Bonchev–Trinajstić information content (AvgIpc) is 0.806. The van der Waals surface area contributed by atoms with Crippen LogP contribution in [-0.4, -0.2) is 26.5 Å². The number of nitro groups is 3. The molecule has 6 N–H and O–H groups in total. The van der Waals surface area contributed by atoms with Gasteiger partial charge in [0.2, 0.25) is 0 Å². The summed E-state index contributed by atoms with van der Waals surface area (Å²) in [6, 6.07) is 136. The summed E-state index contributed by atoms with van der Waals surface area (Å²) in [5, 5.41) is 43.6. The number of halogens is 2. The number of anilines is 16. The van der Waals surface area contributed by atoms with Crippen LogP contribution in [-0.2, 0) is 0 Å². The number of nitrogens with zero attached hydrogens (tertiary/aromatic N) is 7. The first-order chi connectivity index (χ1) is 57.0. The van der Waals surface area contributed by atoms with Gasteiger partial charge in [-0.2, -0.15) is 0 Å². The zero-order valence-corrected chi connectivity index (χ0v) is 66.7. The predicted molar refractivity (Wildman–Crippen MR) is 487 cm³/mol. The highest BCUT2D eigenvalue weighted by Crippen LogP contribution is 2.42. The maximum absolute atomic E-state index is 11.2. The van der Waals surface area contributed by atoms with Gasteiger partial charge in [0.15, 0.2) is 0 Å². The summed E-state index contributed by atoms with van der Waals surface area (Å²) in [6.07, 6.45) is 0. The highest BCUT2D eigenvalue weighted by atomic mass is 79.9. The van der Waals surface area contributed by atoms with Gasteiger partial charge in [-0.1, -0.05) is 196 Å². The smallest absolute Gasteiger partial charge is 0.269 e. The van der Waals surface area contributed by atoms with Crippen molar-refractivity contribution in [2.45, 2.75) is 6.92 Å². The topological polar surface area (TPSA) is 227 Å². The van der Waals surface area contributed by atoms with E-state index in [1.54, 1.807) is 43.3 Å². The monoisotopic (exact) mass is 1670 g/mol. The highest BCUT2D eigenvalue weighted by Gasteiger charge is 2.19. The van der Waals surface area contributed by atoms with E-state index in [2.05, 4.69) is 251 Å². The summed E-state index contributed by atoms with van der Waals surface area (Å²) in [7, 11) is 0. The zero-order chi connectivity index (χ0) is 81.8. The number of aliphatic hydroxyl groups is 1. The molecule has 0 saturated heterocycles. The minimum absolute atomic E-state index is 0.0416. The van der Waals surface area contributed by atoms with Crippen molar-refractivity contribution in [2.24, 2.45) is 0 Å². The van der Waals surface area contributed by atoms with Crippen molar-refractivity contribution in [1.29, 1.82) is 0 Å². The second kappa shape index (κ2) is 40.6. The number of nitrogens with one attached hydrogen (secondary N) is 1. The molecule has 17 nitrogen and oxygen atoms in total. The van der Waals surface area contributed by atoms with E-state index < -0.39 is 14.8 Å². The second-order valence-electron chi connectivity index (χ2n) is 26.2. The molecule has 0 aliphatic rings. The number of benzene rings is 16. The van der Waals surface area contributed by atoms with E-state index in [1.165, 1.54) is 47.5 Å². The van der Waals surface area contributed by atoms with Crippen molar-refractivity contribution in [2.75, 3.05) is 43.0 Å². The average molecular weight is 1670 g/mol.